The second-order valence-corrected chi connectivity index (χ2v) is 5.93. The smallest absolute Gasteiger partial charge is 0.191 e. The molecule has 1 aromatic carbocycles. The van der Waals surface area contributed by atoms with Gasteiger partial charge in [0.05, 0.1) is 23.9 Å². The molecule has 0 saturated heterocycles. The highest BCUT2D eigenvalue weighted by atomic mass is 19.1. The van der Waals surface area contributed by atoms with Crippen LogP contribution in [0, 0.1) is 17.1 Å². The number of guanidine groups is 1. The van der Waals surface area contributed by atoms with E-state index in [0.717, 1.165) is 18.5 Å². The summed E-state index contributed by atoms with van der Waals surface area (Å²) in [6, 6.07) is 8.22. The van der Waals surface area contributed by atoms with E-state index in [1.807, 2.05) is 12.1 Å². The predicted octanol–water partition coefficient (Wildman–Crippen LogP) is 3.45. The Morgan fingerprint density at radius 2 is 2.00 bits per heavy atom. The van der Waals surface area contributed by atoms with Gasteiger partial charge in [-0.05, 0) is 31.0 Å². The van der Waals surface area contributed by atoms with Gasteiger partial charge >= 0.3 is 0 Å². The van der Waals surface area contributed by atoms with Crippen molar-refractivity contribution in [1.82, 2.24) is 15.8 Å². The van der Waals surface area contributed by atoms with E-state index in [4.69, 9.17) is 9.78 Å². The van der Waals surface area contributed by atoms with Gasteiger partial charge in [-0.25, -0.2) is 4.39 Å². The molecule has 2 aromatic rings. The van der Waals surface area contributed by atoms with E-state index in [1.165, 1.54) is 18.2 Å². The molecule has 0 spiro atoms. The van der Waals surface area contributed by atoms with Crippen LogP contribution in [-0.2, 0) is 13.1 Å². The molecule has 1 aromatic heterocycles. The number of benzene rings is 1. The molecule has 0 bridgehead atoms. The largest absolute Gasteiger partial charge is 0.359 e. The van der Waals surface area contributed by atoms with E-state index >= 15 is 0 Å². The first-order chi connectivity index (χ1) is 12.6. The molecule has 26 heavy (non-hydrogen) atoms. The first-order valence-corrected chi connectivity index (χ1v) is 8.69. The zero-order valence-electron chi connectivity index (χ0n) is 15.3. The van der Waals surface area contributed by atoms with Crippen LogP contribution in [0.25, 0.3) is 0 Å². The van der Waals surface area contributed by atoms with Crippen molar-refractivity contribution in [2.75, 3.05) is 7.05 Å². The summed E-state index contributed by atoms with van der Waals surface area (Å²) in [5.41, 5.74) is 1.79. The topological polar surface area (TPSA) is 86.2 Å². The average Bonchev–Trinajstić information content (AvgIpc) is 3.13. The minimum absolute atomic E-state index is 0.219. The zero-order valence-corrected chi connectivity index (χ0v) is 15.3. The number of rotatable bonds is 7. The molecule has 0 fully saturated rings. The van der Waals surface area contributed by atoms with Crippen molar-refractivity contribution < 1.29 is 8.91 Å². The van der Waals surface area contributed by atoms with Gasteiger partial charge < -0.3 is 15.2 Å². The Morgan fingerprint density at radius 3 is 2.65 bits per heavy atom. The van der Waals surface area contributed by atoms with Gasteiger partial charge in [0, 0.05) is 31.1 Å². The molecular weight excluding hydrogens is 333 g/mol. The standard InChI is InChI=1S/C19H24FN5O/c1-4-14(5-2)18-9-16(26-25-18)12-24-19(22-3)23-11-15-8-13(10-21)6-7-17(15)20/h6-9,14H,4-5,11-12H2,1-3H3,(H2,22,23,24). The number of nitriles is 1. The molecule has 138 valence electrons. The summed E-state index contributed by atoms with van der Waals surface area (Å²) in [7, 11) is 1.63. The number of aromatic nitrogens is 1. The van der Waals surface area contributed by atoms with E-state index in [1.54, 1.807) is 7.05 Å². The molecule has 0 aliphatic heterocycles. The van der Waals surface area contributed by atoms with Crippen LogP contribution in [0.15, 0.2) is 33.8 Å². The summed E-state index contributed by atoms with van der Waals surface area (Å²) in [5.74, 6) is 1.26. The summed E-state index contributed by atoms with van der Waals surface area (Å²) in [5, 5.41) is 19.2. The molecule has 0 saturated carbocycles. The van der Waals surface area contributed by atoms with Gasteiger partial charge in [0.15, 0.2) is 11.7 Å². The molecule has 2 rings (SSSR count). The third-order valence-electron chi connectivity index (χ3n) is 4.26. The molecule has 0 radical (unpaired) electrons. The first kappa shape index (κ1) is 19.4. The second-order valence-electron chi connectivity index (χ2n) is 5.93. The Labute approximate surface area is 153 Å². The van der Waals surface area contributed by atoms with Crippen LogP contribution in [0.4, 0.5) is 4.39 Å². The van der Waals surface area contributed by atoms with E-state index < -0.39 is 0 Å². The highest BCUT2D eigenvalue weighted by molar-refractivity contribution is 5.79. The quantitative estimate of drug-likeness (QED) is 0.585. The SMILES string of the molecule is CCC(CC)c1cc(CNC(=NC)NCc2cc(C#N)ccc2F)on1. The van der Waals surface area contributed by atoms with Crippen molar-refractivity contribution in [3.63, 3.8) is 0 Å². The predicted molar refractivity (Wildman–Crippen MR) is 98.0 cm³/mol. The van der Waals surface area contributed by atoms with Crippen LogP contribution in [0.5, 0.6) is 0 Å². The molecule has 0 atom stereocenters. The summed E-state index contributed by atoms with van der Waals surface area (Å²) in [6.45, 7) is 4.91. The maximum absolute atomic E-state index is 13.8. The van der Waals surface area contributed by atoms with Crippen molar-refractivity contribution in [3.05, 3.63) is 52.7 Å². The highest BCUT2D eigenvalue weighted by Crippen LogP contribution is 2.22. The monoisotopic (exact) mass is 357 g/mol. The second kappa shape index (κ2) is 9.56. The van der Waals surface area contributed by atoms with Crippen LogP contribution < -0.4 is 10.6 Å². The van der Waals surface area contributed by atoms with Gasteiger partial charge in [-0.3, -0.25) is 4.99 Å². The summed E-state index contributed by atoms with van der Waals surface area (Å²) >= 11 is 0. The lowest BCUT2D eigenvalue weighted by atomic mass is 9.99. The average molecular weight is 357 g/mol. The Bertz CT molecular complexity index is 789. The van der Waals surface area contributed by atoms with Gasteiger partial charge in [-0.15, -0.1) is 0 Å². The first-order valence-electron chi connectivity index (χ1n) is 8.69. The fourth-order valence-corrected chi connectivity index (χ4v) is 2.66. The third kappa shape index (κ3) is 5.06. The maximum Gasteiger partial charge on any atom is 0.191 e. The Hall–Kier alpha value is -2.88. The van der Waals surface area contributed by atoms with Crippen molar-refractivity contribution >= 4 is 5.96 Å². The number of halogens is 1. The summed E-state index contributed by atoms with van der Waals surface area (Å²) in [4.78, 5) is 4.11. The number of nitrogens with zero attached hydrogens (tertiary/aromatic N) is 3. The Balaban J connectivity index is 1.92. The van der Waals surface area contributed by atoms with E-state index in [2.05, 4.69) is 34.6 Å². The van der Waals surface area contributed by atoms with Crippen LogP contribution >= 0.6 is 0 Å². The van der Waals surface area contributed by atoms with Gasteiger partial charge in [0.2, 0.25) is 0 Å². The minimum Gasteiger partial charge on any atom is -0.359 e. The van der Waals surface area contributed by atoms with Gasteiger partial charge in [-0.2, -0.15) is 5.26 Å². The van der Waals surface area contributed by atoms with Crippen LogP contribution in [0.3, 0.4) is 0 Å². The molecule has 6 nitrogen and oxygen atoms in total. The van der Waals surface area contributed by atoms with Crippen molar-refractivity contribution in [2.24, 2.45) is 4.99 Å². The molecular formula is C19H24FN5O. The van der Waals surface area contributed by atoms with Crippen LogP contribution in [-0.4, -0.2) is 18.2 Å². The Morgan fingerprint density at radius 1 is 1.27 bits per heavy atom. The van der Waals surface area contributed by atoms with E-state index in [0.29, 0.717) is 35.3 Å². The summed E-state index contributed by atoms with van der Waals surface area (Å²) < 4.78 is 19.2. The molecule has 0 amide bonds. The van der Waals surface area contributed by atoms with Gasteiger partial charge in [-0.1, -0.05) is 19.0 Å². The highest BCUT2D eigenvalue weighted by Gasteiger charge is 2.13. The van der Waals surface area contributed by atoms with Crippen LogP contribution in [0.1, 0.15) is 55.2 Å². The van der Waals surface area contributed by atoms with Crippen LogP contribution in [0.2, 0.25) is 0 Å². The lowest BCUT2D eigenvalue weighted by Crippen LogP contribution is -2.36. The third-order valence-corrected chi connectivity index (χ3v) is 4.26. The molecule has 7 heteroatoms. The zero-order chi connectivity index (χ0) is 18.9. The molecule has 2 N–H and O–H groups in total. The number of hydrogen-bond donors (Lipinski definition) is 2. The molecule has 0 aliphatic rings. The fourth-order valence-electron chi connectivity index (χ4n) is 2.66. The maximum atomic E-state index is 13.8. The van der Waals surface area contributed by atoms with E-state index in [-0.39, 0.29) is 12.4 Å². The number of aliphatic imine (C=N–C) groups is 1. The number of nitrogens with one attached hydrogen (secondary N) is 2. The lowest BCUT2D eigenvalue weighted by Gasteiger charge is -2.11. The van der Waals surface area contributed by atoms with Crippen molar-refractivity contribution in [3.8, 4) is 6.07 Å². The van der Waals surface area contributed by atoms with Crippen molar-refractivity contribution in [2.45, 2.75) is 45.7 Å². The molecule has 0 unspecified atom stereocenters. The van der Waals surface area contributed by atoms with E-state index in [9.17, 15) is 4.39 Å². The molecule has 1 heterocycles. The summed E-state index contributed by atoms with van der Waals surface area (Å²) in [6.07, 6.45) is 2.04. The normalized spacial score (nSPS) is 11.5. The van der Waals surface area contributed by atoms with Gasteiger partial charge in [0.25, 0.3) is 0 Å². The number of hydrogen-bond acceptors (Lipinski definition) is 4. The minimum atomic E-state index is -0.364. The van der Waals surface area contributed by atoms with Gasteiger partial charge in [0.1, 0.15) is 5.82 Å². The van der Waals surface area contributed by atoms with Crippen molar-refractivity contribution in [1.29, 1.82) is 5.26 Å². The molecule has 0 aliphatic carbocycles. The Kier molecular flexibility index (Phi) is 7.15. The fraction of sp³-hybridized carbons (Fsp3) is 0.421. The lowest BCUT2D eigenvalue weighted by molar-refractivity contribution is 0.368.